The maximum atomic E-state index is 9.86. The average Bonchev–Trinajstić information content (AvgIpc) is 2.34. The first-order chi connectivity index (χ1) is 8.92. The molecule has 1 aromatic carbocycles. The van der Waals surface area contributed by atoms with Crippen molar-refractivity contribution in [3.63, 3.8) is 0 Å². The maximum absolute atomic E-state index is 9.86. The van der Waals surface area contributed by atoms with Crippen LogP contribution in [0.5, 0.6) is 5.75 Å². The summed E-state index contributed by atoms with van der Waals surface area (Å²) in [6.45, 7) is 7.28. The number of aliphatic hydroxyl groups excluding tert-OH is 1. The van der Waals surface area contributed by atoms with E-state index in [9.17, 15) is 5.11 Å². The van der Waals surface area contributed by atoms with Crippen LogP contribution >= 0.6 is 0 Å². The lowest BCUT2D eigenvalue weighted by Crippen LogP contribution is -2.31. The number of likely N-dealkylation sites (N-methyl/N-ethyl adjacent to an activating group) is 1. The number of ether oxygens (including phenoxy) is 1. The molecule has 1 atom stereocenters. The molecule has 108 valence electrons. The van der Waals surface area contributed by atoms with Crippen LogP contribution in [0.3, 0.4) is 0 Å². The van der Waals surface area contributed by atoms with Gasteiger partial charge < -0.3 is 20.5 Å². The predicted octanol–water partition coefficient (Wildman–Crippen LogP) is 1.77. The molecule has 0 aliphatic rings. The first-order valence-electron chi connectivity index (χ1n) is 6.66. The van der Waals surface area contributed by atoms with Gasteiger partial charge in [-0.2, -0.15) is 0 Å². The Kier molecular flexibility index (Phi) is 5.63. The molecule has 0 bridgehead atoms. The fraction of sp³-hybridized carbons (Fsp3) is 0.600. The van der Waals surface area contributed by atoms with Crippen molar-refractivity contribution in [2.75, 3.05) is 32.1 Å². The second kappa shape index (κ2) is 6.78. The molecule has 19 heavy (non-hydrogen) atoms. The molecule has 0 fully saturated rings. The van der Waals surface area contributed by atoms with Crippen LogP contribution in [-0.4, -0.2) is 38.5 Å². The van der Waals surface area contributed by atoms with E-state index < -0.39 is 6.10 Å². The highest BCUT2D eigenvalue weighted by molar-refractivity contribution is 5.62. The van der Waals surface area contributed by atoms with Gasteiger partial charge in [0.05, 0.1) is 13.2 Å². The van der Waals surface area contributed by atoms with Gasteiger partial charge in [0.15, 0.2) is 0 Å². The molecule has 1 aromatic rings. The second-order valence-electron chi connectivity index (χ2n) is 5.11. The number of methoxy groups -OCH3 is 1. The Balaban J connectivity index is 3.01. The van der Waals surface area contributed by atoms with E-state index in [0.717, 1.165) is 22.6 Å². The molecule has 0 aromatic heterocycles. The van der Waals surface area contributed by atoms with Gasteiger partial charge in [0.1, 0.15) is 5.75 Å². The molecular formula is C15H26N2O2. The quantitative estimate of drug-likeness (QED) is 0.824. The van der Waals surface area contributed by atoms with E-state index in [1.807, 2.05) is 14.0 Å². The van der Waals surface area contributed by atoms with Gasteiger partial charge in [-0.25, -0.2) is 0 Å². The minimum atomic E-state index is -0.392. The molecule has 0 heterocycles. The number of anilines is 1. The summed E-state index contributed by atoms with van der Waals surface area (Å²) < 4.78 is 5.43. The zero-order valence-corrected chi connectivity index (χ0v) is 12.7. The monoisotopic (exact) mass is 266 g/mol. The molecule has 0 aliphatic heterocycles. The lowest BCUT2D eigenvalue weighted by molar-refractivity contribution is 0.174. The first kappa shape index (κ1) is 15.8. The second-order valence-corrected chi connectivity index (χ2v) is 5.11. The Morgan fingerprint density at radius 3 is 2.47 bits per heavy atom. The van der Waals surface area contributed by atoms with Crippen LogP contribution in [0.4, 0.5) is 5.69 Å². The van der Waals surface area contributed by atoms with Gasteiger partial charge in [0.25, 0.3) is 0 Å². The van der Waals surface area contributed by atoms with Crippen LogP contribution in [0, 0.1) is 20.8 Å². The van der Waals surface area contributed by atoms with Crippen molar-refractivity contribution in [2.24, 2.45) is 5.73 Å². The summed E-state index contributed by atoms with van der Waals surface area (Å²) in [4.78, 5) is 2.08. The number of benzene rings is 1. The van der Waals surface area contributed by atoms with E-state index in [1.165, 1.54) is 5.56 Å². The van der Waals surface area contributed by atoms with Gasteiger partial charge in [0, 0.05) is 19.3 Å². The lowest BCUT2D eigenvalue weighted by Gasteiger charge is -2.26. The average molecular weight is 266 g/mol. The third kappa shape index (κ3) is 3.61. The molecule has 4 nitrogen and oxygen atoms in total. The van der Waals surface area contributed by atoms with E-state index in [0.29, 0.717) is 19.5 Å². The van der Waals surface area contributed by atoms with Gasteiger partial charge in [-0.05, 0) is 56.5 Å². The summed E-state index contributed by atoms with van der Waals surface area (Å²) in [5.74, 6) is 0.942. The van der Waals surface area contributed by atoms with Gasteiger partial charge in [-0.15, -0.1) is 0 Å². The molecule has 0 saturated carbocycles. The maximum Gasteiger partial charge on any atom is 0.125 e. The van der Waals surface area contributed by atoms with Crippen molar-refractivity contribution < 1.29 is 9.84 Å². The number of nitrogens with zero attached hydrogens (tertiary/aromatic N) is 1. The summed E-state index contributed by atoms with van der Waals surface area (Å²) in [7, 11) is 3.69. The number of nitrogens with two attached hydrogens (primary N) is 1. The van der Waals surface area contributed by atoms with E-state index in [1.54, 1.807) is 7.11 Å². The molecule has 0 amide bonds. The largest absolute Gasteiger partial charge is 0.496 e. The number of rotatable bonds is 6. The lowest BCUT2D eigenvalue weighted by atomic mass is 10.0. The van der Waals surface area contributed by atoms with Gasteiger partial charge >= 0.3 is 0 Å². The summed E-state index contributed by atoms with van der Waals surface area (Å²) in [6.07, 6.45) is 0.231. The highest BCUT2D eigenvalue weighted by Crippen LogP contribution is 2.33. The van der Waals surface area contributed by atoms with Crippen LogP contribution in [0.15, 0.2) is 6.07 Å². The normalized spacial score (nSPS) is 12.4. The topological polar surface area (TPSA) is 58.7 Å². The Morgan fingerprint density at radius 2 is 1.95 bits per heavy atom. The highest BCUT2D eigenvalue weighted by Gasteiger charge is 2.15. The van der Waals surface area contributed by atoms with Gasteiger partial charge in [0.2, 0.25) is 0 Å². The molecule has 0 saturated heterocycles. The van der Waals surface area contributed by atoms with Gasteiger partial charge in [-0.3, -0.25) is 0 Å². The van der Waals surface area contributed by atoms with Crippen molar-refractivity contribution in [3.8, 4) is 5.75 Å². The fourth-order valence-electron chi connectivity index (χ4n) is 2.45. The Bertz CT molecular complexity index is 433. The zero-order valence-electron chi connectivity index (χ0n) is 12.7. The first-order valence-corrected chi connectivity index (χ1v) is 6.66. The molecule has 0 spiro atoms. The molecule has 1 rings (SSSR count). The Hall–Kier alpha value is -1.26. The van der Waals surface area contributed by atoms with Crippen molar-refractivity contribution in [1.29, 1.82) is 0 Å². The summed E-state index contributed by atoms with van der Waals surface area (Å²) >= 11 is 0. The molecule has 3 N–H and O–H groups in total. The van der Waals surface area contributed by atoms with Crippen molar-refractivity contribution in [1.82, 2.24) is 0 Å². The number of aliphatic hydroxyl groups is 1. The van der Waals surface area contributed by atoms with E-state index in [-0.39, 0.29) is 0 Å². The SMILES string of the molecule is COc1c(C)cc(N(C)CC(O)CCN)c(C)c1C. The minimum Gasteiger partial charge on any atom is -0.496 e. The predicted molar refractivity (Wildman–Crippen MR) is 80.2 cm³/mol. The summed E-state index contributed by atoms with van der Waals surface area (Å²) in [5.41, 5.74) is 10.0. The molecular weight excluding hydrogens is 240 g/mol. The number of aryl methyl sites for hydroxylation is 1. The molecule has 1 unspecified atom stereocenters. The third-order valence-electron chi connectivity index (χ3n) is 3.60. The Morgan fingerprint density at radius 1 is 1.32 bits per heavy atom. The van der Waals surface area contributed by atoms with Crippen LogP contribution in [0.25, 0.3) is 0 Å². The fourth-order valence-corrected chi connectivity index (χ4v) is 2.45. The molecule has 0 aliphatic carbocycles. The molecule has 0 radical (unpaired) electrons. The van der Waals surface area contributed by atoms with E-state index in [4.69, 9.17) is 10.5 Å². The van der Waals surface area contributed by atoms with E-state index >= 15 is 0 Å². The van der Waals surface area contributed by atoms with Crippen LogP contribution in [0.2, 0.25) is 0 Å². The van der Waals surface area contributed by atoms with Gasteiger partial charge in [-0.1, -0.05) is 0 Å². The Labute approximate surface area is 116 Å². The number of hydrogen-bond donors (Lipinski definition) is 2. The van der Waals surface area contributed by atoms with Crippen molar-refractivity contribution in [2.45, 2.75) is 33.3 Å². The molecule has 4 heteroatoms. The van der Waals surface area contributed by atoms with Crippen LogP contribution in [0.1, 0.15) is 23.1 Å². The van der Waals surface area contributed by atoms with Crippen LogP contribution in [-0.2, 0) is 0 Å². The van der Waals surface area contributed by atoms with Crippen LogP contribution < -0.4 is 15.4 Å². The zero-order chi connectivity index (χ0) is 14.6. The standard InChI is InChI=1S/C15H26N2O2/c1-10-8-14(11(2)12(3)15(10)19-5)17(4)9-13(18)6-7-16/h8,13,18H,6-7,9,16H2,1-5H3. The van der Waals surface area contributed by atoms with Crippen molar-refractivity contribution >= 4 is 5.69 Å². The third-order valence-corrected chi connectivity index (χ3v) is 3.60. The van der Waals surface area contributed by atoms with E-state index in [2.05, 4.69) is 24.8 Å². The summed E-state index contributed by atoms with van der Waals surface area (Å²) in [6, 6.07) is 2.11. The smallest absolute Gasteiger partial charge is 0.125 e. The highest BCUT2D eigenvalue weighted by atomic mass is 16.5. The number of hydrogen-bond acceptors (Lipinski definition) is 4. The summed E-state index contributed by atoms with van der Waals surface area (Å²) in [5, 5.41) is 9.86. The van der Waals surface area contributed by atoms with Crippen molar-refractivity contribution in [3.05, 3.63) is 22.8 Å². The minimum absolute atomic E-state index is 0.392.